The van der Waals surface area contributed by atoms with Gasteiger partial charge in [-0.2, -0.15) is 0 Å². The maximum atomic E-state index is 5.35. The number of amidine groups is 1. The van der Waals surface area contributed by atoms with Crippen LogP contribution >= 0.6 is 11.8 Å². The van der Waals surface area contributed by atoms with Gasteiger partial charge in [0.05, 0.1) is 13.2 Å². The number of rotatable bonds is 3. The molecule has 84 valence electrons. The monoisotopic (exact) mass is 226 g/mol. The minimum absolute atomic E-state index is 0.702. The van der Waals surface area contributed by atoms with Crippen molar-refractivity contribution in [3.63, 3.8) is 0 Å². The Labute approximate surface area is 95.1 Å². The molecule has 3 nitrogen and oxygen atoms in total. The first-order valence-electron chi connectivity index (χ1n) is 5.94. The molecule has 2 fully saturated rings. The van der Waals surface area contributed by atoms with Crippen molar-refractivity contribution in [2.45, 2.75) is 24.5 Å². The number of nitrogens with one attached hydrogen (secondary N) is 1. The van der Waals surface area contributed by atoms with Crippen LogP contribution in [0.15, 0.2) is 4.99 Å². The number of ether oxygens (including phenoxy) is 1. The molecule has 1 N–H and O–H groups in total. The predicted molar refractivity (Wildman–Crippen MR) is 63.3 cm³/mol. The van der Waals surface area contributed by atoms with Crippen LogP contribution in [-0.4, -0.2) is 36.7 Å². The van der Waals surface area contributed by atoms with Gasteiger partial charge in [0.15, 0.2) is 5.17 Å². The summed E-state index contributed by atoms with van der Waals surface area (Å²) in [5.41, 5.74) is 0. The van der Waals surface area contributed by atoms with E-state index >= 15 is 0 Å². The fourth-order valence-electron chi connectivity index (χ4n) is 2.18. The van der Waals surface area contributed by atoms with Crippen molar-refractivity contribution in [2.24, 2.45) is 16.8 Å². The zero-order chi connectivity index (χ0) is 10.1. The average Bonchev–Trinajstić information content (AvgIpc) is 2.82. The summed E-state index contributed by atoms with van der Waals surface area (Å²) in [5, 5.41) is 5.43. The van der Waals surface area contributed by atoms with Crippen LogP contribution in [0.4, 0.5) is 0 Å². The van der Waals surface area contributed by atoms with E-state index in [0.29, 0.717) is 5.92 Å². The quantitative estimate of drug-likeness (QED) is 0.791. The summed E-state index contributed by atoms with van der Waals surface area (Å²) in [5.74, 6) is 1.67. The number of thioether (sulfide) groups is 1. The van der Waals surface area contributed by atoms with Gasteiger partial charge in [-0.05, 0) is 25.2 Å². The number of hydrogen-bond acceptors (Lipinski definition) is 4. The zero-order valence-corrected chi connectivity index (χ0v) is 9.76. The molecule has 0 aromatic carbocycles. The van der Waals surface area contributed by atoms with Crippen LogP contribution in [-0.2, 0) is 4.74 Å². The largest absolute Gasteiger partial charge is 0.381 e. The molecule has 1 saturated heterocycles. The Bertz CT molecular complexity index is 259. The van der Waals surface area contributed by atoms with E-state index in [1.54, 1.807) is 0 Å². The number of hydrogen-bond donors (Lipinski definition) is 1. The van der Waals surface area contributed by atoms with Crippen molar-refractivity contribution in [2.75, 3.05) is 26.3 Å². The molecule has 0 amide bonds. The van der Waals surface area contributed by atoms with Gasteiger partial charge in [0.2, 0.25) is 0 Å². The lowest BCUT2D eigenvalue weighted by Crippen LogP contribution is -2.27. The highest BCUT2D eigenvalue weighted by atomic mass is 32.2. The topological polar surface area (TPSA) is 33.6 Å². The van der Waals surface area contributed by atoms with E-state index < -0.39 is 0 Å². The molecule has 3 rings (SSSR count). The van der Waals surface area contributed by atoms with E-state index in [0.717, 1.165) is 37.5 Å². The van der Waals surface area contributed by atoms with E-state index in [2.05, 4.69) is 10.3 Å². The first-order chi connectivity index (χ1) is 7.42. The first kappa shape index (κ1) is 9.97. The highest BCUT2D eigenvalue weighted by Gasteiger charge is 2.35. The molecule has 0 aromatic rings. The maximum Gasteiger partial charge on any atom is 0.156 e. The Morgan fingerprint density at radius 3 is 3.07 bits per heavy atom. The molecule has 2 aliphatic heterocycles. The second-order valence-electron chi connectivity index (χ2n) is 4.75. The summed E-state index contributed by atoms with van der Waals surface area (Å²) in [6.45, 7) is 3.95. The van der Waals surface area contributed by atoms with Gasteiger partial charge in [-0.3, -0.25) is 4.99 Å². The van der Waals surface area contributed by atoms with E-state index in [-0.39, 0.29) is 0 Å². The van der Waals surface area contributed by atoms with Gasteiger partial charge in [-0.25, -0.2) is 0 Å². The average molecular weight is 226 g/mol. The maximum absolute atomic E-state index is 5.35. The van der Waals surface area contributed by atoms with E-state index in [1.165, 1.54) is 24.4 Å². The first-order valence-corrected chi connectivity index (χ1v) is 6.82. The molecule has 0 spiro atoms. The summed E-state index contributed by atoms with van der Waals surface area (Å²) in [4.78, 5) is 4.57. The summed E-state index contributed by atoms with van der Waals surface area (Å²) in [7, 11) is 0. The summed E-state index contributed by atoms with van der Waals surface area (Å²) >= 11 is 1.96. The van der Waals surface area contributed by atoms with Crippen molar-refractivity contribution < 1.29 is 4.74 Å². The second kappa shape index (κ2) is 4.34. The van der Waals surface area contributed by atoms with E-state index in [9.17, 15) is 0 Å². The van der Waals surface area contributed by atoms with Gasteiger partial charge in [-0.15, -0.1) is 0 Å². The smallest absolute Gasteiger partial charge is 0.156 e. The predicted octanol–water partition coefficient (Wildman–Crippen LogP) is 1.49. The van der Waals surface area contributed by atoms with Crippen molar-refractivity contribution in [1.29, 1.82) is 0 Å². The molecule has 2 atom stereocenters. The third kappa shape index (κ3) is 2.48. The van der Waals surface area contributed by atoms with Crippen molar-refractivity contribution in [3.05, 3.63) is 0 Å². The lowest BCUT2D eigenvalue weighted by atomic mass is 10.1. The number of aliphatic imine (C=N–C) groups is 1. The lowest BCUT2D eigenvalue weighted by Gasteiger charge is -2.10. The molecule has 1 saturated carbocycles. The normalized spacial score (nSPS) is 35.6. The fourth-order valence-corrected chi connectivity index (χ4v) is 3.39. The fraction of sp³-hybridized carbons (Fsp3) is 0.909. The molecule has 1 aliphatic carbocycles. The van der Waals surface area contributed by atoms with E-state index in [4.69, 9.17) is 4.74 Å². The van der Waals surface area contributed by atoms with Gasteiger partial charge in [0.1, 0.15) is 0 Å². The minimum atomic E-state index is 0.702. The molecular weight excluding hydrogens is 208 g/mol. The lowest BCUT2D eigenvalue weighted by molar-refractivity contribution is 0.186. The van der Waals surface area contributed by atoms with Crippen LogP contribution in [0, 0.1) is 11.8 Å². The van der Waals surface area contributed by atoms with Gasteiger partial charge in [-0.1, -0.05) is 11.8 Å². The zero-order valence-electron chi connectivity index (χ0n) is 8.95. The molecule has 0 aromatic heterocycles. The molecule has 2 unspecified atom stereocenters. The van der Waals surface area contributed by atoms with Crippen LogP contribution in [0.1, 0.15) is 19.3 Å². The van der Waals surface area contributed by atoms with Gasteiger partial charge in [0.25, 0.3) is 0 Å². The molecular formula is C11H18N2OS. The van der Waals surface area contributed by atoms with Crippen molar-refractivity contribution in [3.8, 4) is 0 Å². The second-order valence-corrected chi connectivity index (χ2v) is 5.98. The van der Waals surface area contributed by atoms with Gasteiger partial charge in [0, 0.05) is 24.3 Å². The third-order valence-corrected chi connectivity index (χ3v) is 4.73. The standard InChI is InChI=1S/C11H18N2OS/c1-2-9(1)10-6-13-11(15-10)12-5-8-3-4-14-7-8/h8-10H,1-7H2,(H,12,13). The van der Waals surface area contributed by atoms with Crippen molar-refractivity contribution >= 4 is 16.9 Å². The third-order valence-electron chi connectivity index (χ3n) is 3.39. The molecule has 0 radical (unpaired) electrons. The summed E-state index contributed by atoms with van der Waals surface area (Å²) in [6, 6.07) is 0. The molecule has 3 aliphatic rings. The Balaban J connectivity index is 1.40. The van der Waals surface area contributed by atoms with Gasteiger partial charge < -0.3 is 10.1 Å². The number of nitrogens with zero attached hydrogens (tertiary/aromatic N) is 1. The molecule has 15 heavy (non-hydrogen) atoms. The highest BCUT2D eigenvalue weighted by Crippen LogP contribution is 2.41. The minimum Gasteiger partial charge on any atom is -0.381 e. The highest BCUT2D eigenvalue weighted by molar-refractivity contribution is 8.14. The van der Waals surface area contributed by atoms with E-state index in [1.807, 2.05) is 11.8 Å². The van der Waals surface area contributed by atoms with Crippen LogP contribution in [0.25, 0.3) is 0 Å². The Kier molecular flexibility index (Phi) is 2.88. The summed E-state index contributed by atoms with van der Waals surface area (Å²) in [6.07, 6.45) is 4.06. The Hall–Kier alpha value is -0.220. The summed E-state index contributed by atoms with van der Waals surface area (Å²) < 4.78 is 5.35. The SMILES string of the molecule is C1CC(CNC2=NCC(C3CC3)S2)CO1. The molecule has 0 bridgehead atoms. The Morgan fingerprint density at radius 2 is 2.33 bits per heavy atom. The van der Waals surface area contributed by atoms with Crippen LogP contribution in [0.5, 0.6) is 0 Å². The van der Waals surface area contributed by atoms with Crippen LogP contribution in [0.2, 0.25) is 0 Å². The molecule has 4 heteroatoms. The molecule has 2 heterocycles. The van der Waals surface area contributed by atoms with Gasteiger partial charge >= 0.3 is 0 Å². The van der Waals surface area contributed by atoms with Crippen LogP contribution < -0.4 is 5.32 Å². The Morgan fingerprint density at radius 1 is 1.40 bits per heavy atom. The van der Waals surface area contributed by atoms with Crippen molar-refractivity contribution in [1.82, 2.24) is 5.32 Å². The van der Waals surface area contributed by atoms with Crippen LogP contribution in [0.3, 0.4) is 0 Å².